The number of hydrogen-bond acceptors (Lipinski definition) is 1. The van der Waals surface area contributed by atoms with E-state index in [1.807, 2.05) is 24.0 Å². The molecule has 0 bridgehead atoms. The molecule has 0 aliphatic rings. The van der Waals surface area contributed by atoms with Crippen molar-refractivity contribution < 1.29 is 0 Å². The molecule has 0 radical (unpaired) electrons. The quantitative estimate of drug-likeness (QED) is 0.742. The van der Waals surface area contributed by atoms with Crippen molar-refractivity contribution in [3.05, 3.63) is 53.9 Å². The summed E-state index contributed by atoms with van der Waals surface area (Å²) in [5, 5.41) is 4.10. The molecule has 1 aromatic carbocycles. The Balaban J connectivity index is 0.000000184. The molecule has 1 aromatic heterocycles. The van der Waals surface area contributed by atoms with Gasteiger partial charge in [0.2, 0.25) is 0 Å². The van der Waals surface area contributed by atoms with E-state index in [4.69, 9.17) is 0 Å². The van der Waals surface area contributed by atoms with E-state index in [-0.39, 0.29) is 5.41 Å². The van der Waals surface area contributed by atoms with Gasteiger partial charge in [0.25, 0.3) is 0 Å². The lowest BCUT2D eigenvalue weighted by Gasteiger charge is -2.14. The van der Waals surface area contributed by atoms with Crippen molar-refractivity contribution >= 4 is 0 Å². The number of aromatic nitrogens is 2. The van der Waals surface area contributed by atoms with Crippen LogP contribution in [0.2, 0.25) is 0 Å². The Hall–Kier alpha value is -1.57. The van der Waals surface area contributed by atoms with Crippen LogP contribution in [0, 0.1) is 0 Å². The Morgan fingerprint density at radius 2 is 1.72 bits per heavy atom. The highest BCUT2D eigenvalue weighted by molar-refractivity contribution is 5.15. The maximum Gasteiger partial charge on any atom is 0.0526 e. The molecule has 0 amide bonds. The lowest BCUT2D eigenvalue weighted by Crippen LogP contribution is -2.09. The lowest BCUT2D eigenvalue weighted by atomic mass is 9.90. The molecule has 0 aliphatic heterocycles. The zero-order valence-electron chi connectivity index (χ0n) is 12.1. The summed E-state index contributed by atoms with van der Waals surface area (Å²) in [6, 6.07) is 10.5. The van der Waals surface area contributed by atoms with Crippen molar-refractivity contribution in [1.29, 1.82) is 0 Å². The molecule has 98 valence electrons. The molecule has 0 spiro atoms. The van der Waals surface area contributed by atoms with Gasteiger partial charge in [-0.1, -0.05) is 58.0 Å². The number of aryl methyl sites for hydroxylation is 2. The first-order valence-corrected chi connectivity index (χ1v) is 6.46. The standard InChI is InChI=1S/C8H14N2.C8H10/c1-8(2,3)7-5-9-10(4)6-7;1-2-8-6-4-3-5-7-8/h5-6H,1-4H3;3-7H,2H2,1H3. The van der Waals surface area contributed by atoms with Crippen molar-refractivity contribution in [2.75, 3.05) is 0 Å². The first kappa shape index (κ1) is 14.5. The van der Waals surface area contributed by atoms with Crippen LogP contribution in [0.4, 0.5) is 0 Å². The number of nitrogens with zero attached hydrogens (tertiary/aromatic N) is 2. The van der Waals surface area contributed by atoms with E-state index in [9.17, 15) is 0 Å². The highest BCUT2D eigenvalue weighted by Crippen LogP contribution is 2.20. The average Bonchev–Trinajstić information content (AvgIpc) is 2.78. The predicted octanol–water partition coefficient (Wildman–Crippen LogP) is 3.97. The van der Waals surface area contributed by atoms with Crippen molar-refractivity contribution in [2.45, 2.75) is 39.5 Å². The first-order chi connectivity index (χ1) is 8.43. The van der Waals surface area contributed by atoms with Crippen molar-refractivity contribution in [1.82, 2.24) is 9.78 Å². The van der Waals surface area contributed by atoms with Crippen LogP contribution in [0.1, 0.15) is 38.8 Å². The Kier molecular flexibility index (Phi) is 5.14. The van der Waals surface area contributed by atoms with E-state index in [0.29, 0.717) is 0 Å². The molecule has 18 heavy (non-hydrogen) atoms. The van der Waals surface area contributed by atoms with E-state index < -0.39 is 0 Å². The summed E-state index contributed by atoms with van der Waals surface area (Å²) in [6.07, 6.45) is 5.11. The molecule has 2 heteroatoms. The van der Waals surface area contributed by atoms with Gasteiger partial charge < -0.3 is 0 Å². The first-order valence-electron chi connectivity index (χ1n) is 6.46. The minimum atomic E-state index is 0.230. The number of hydrogen-bond donors (Lipinski definition) is 0. The van der Waals surface area contributed by atoms with Gasteiger partial charge in [-0.3, -0.25) is 4.68 Å². The van der Waals surface area contributed by atoms with Crippen LogP contribution < -0.4 is 0 Å². The Morgan fingerprint density at radius 1 is 1.11 bits per heavy atom. The second kappa shape index (κ2) is 6.39. The molecule has 0 atom stereocenters. The molecular weight excluding hydrogens is 220 g/mol. The van der Waals surface area contributed by atoms with Crippen molar-refractivity contribution in [3.63, 3.8) is 0 Å². The van der Waals surface area contributed by atoms with Gasteiger partial charge in [0, 0.05) is 13.2 Å². The average molecular weight is 244 g/mol. The Morgan fingerprint density at radius 3 is 2.00 bits per heavy atom. The minimum absolute atomic E-state index is 0.230. The van der Waals surface area contributed by atoms with E-state index in [0.717, 1.165) is 6.42 Å². The van der Waals surface area contributed by atoms with Gasteiger partial charge in [-0.2, -0.15) is 5.10 Å². The maximum atomic E-state index is 4.10. The zero-order valence-corrected chi connectivity index (χ0v) is 12.1. The third kappa shape index (κ3) is 4.74. The van der Waals surface area contributed by atoms with Crippen LogP contribution in [0.3, 0.4) is 0 Å². The molecule has 0 aliphatic carbocycles. The van der Waals surface area contributed by atoms with Crippen molar-refractivity contribution in [2.24, 2.45) is 7.05 Å². The topological polar surface area (TPSA) is 17.8 Å². The highest BCUT2D eigenvalue weighted by Gasteiger charge is 2.14. The predicted molar refractivity (Wildman–Crippen MR) is 77.7 cm³/mol. The summed E-state index contributed by atoms with van der Waals surface area (Å²) in [5.74, 6) is 0. The molecule has 0 unspecified atom stereocenters. The lowest BCUT2D eigenvalue weighted by molar-refractivity contribution is 0.589. The molecule has 0 N–H and O–H groups in total. The van der Waals surface area contributed by atoms with Crippen LogP contribution >= 0.6 is 0 Å². The summed E-state index contributed by atoms with van der Waals surface area (Å²) in [7, 11) is 1.94. The largest absolute Gasteiger partial charge is 0.276 e. The summed E-state index contributed by atoms with van der Waals surface area (Å²) in [4.78, 5) is 0. The van der Waals surface area contributed by atoms with Gasteiger partial charge in [0.1, 0.15) is 0 Å². The van der Waals surface area contributed by atoms with Gasteiger partial charge >= 0.3 is 0 Å². The normalized spacial score (nSPS) is 10.7. The molecule has 0 saturated heterocycles. The fraction of sp³-hybridized carbons (Fsp3) is 0.438. The van der Waals surface area contributed by atoms with Gasteiger partial charge in [-0.15, -0.1) is 0 Å². The van der Waals surface area contributed by atoms with Gasteiger partial charge in [0.15, 0.2) is 0 Å². The summed E-state index contributed by atoms with van der Waals surface area (Å²) < 4.78 is 1.83. The number of rotatable bonds is 1. The van der Waals surface area contributed by atoms with Crippen LogP contribution in [0.25, 0.3) is 0 Å². The smallest absolute Gasteiger partial charge is 0.0526 e. The molecule has 0 fully saturated rings. The van der Waals surface area contributed by atoms with Gasteiger partial charge in [-0.25, -0.2) is 0 Å². The van der Waals surface area contributed by atoms with Crippen LogP contribution in [-0.2, 0) is 18.9 Å². The van der Waals surface area contributed by atoms with E-state index in [2.05, 4.69) is 63.3 Å². The molecule has 2 rings (SSSR count). The molecule has 1 heterocycles. The highest BCUT2D eigenvalue weighted by atomic mass is 15.2. The zero-order chi connectivity index (χ0) is 13.6. The summed E-state index contributed by atoms with van der Waals surface area (Å²) >= 11 is 0. The van der Waals surface area contributed by atoms with Crippen LogP contribution in [-0.4, -0.2) is 9.78 Å². The van der Waals surface area contributed by atoms with E-state index in [1.54, 1.807) is 0 Å². The Bertz CT molecular complexity index is 449. The van der Waals surface area contributed by atoms with Crippen LogP contribution in [0.15, 0.2) is 42.7 Å². The molecule has 2 nitrogen and oxygen atoms in total. The third-order valence-corrected chi connectivity index (χ3v) is 2.82. The van der Waals surface area contributed by atoms with Gasteiger partial charge in [0.05, 0.1) is 6.20 Å². The summed E-state index contributed by atoms with van der Waals surface area (Å²) in [5.41, 5.74) is 2.93. The molecular formula is C16H24N2. The molecule has 2 aromatic rings. The second-order valence-electron chi connectivity index (χ2n) is 5.49. The SMILES string of the molecule is CCc1ccccc1.Cn1cc(C(C)(C)C)cn1. The van der Waals surface area contributed by atoms with Crippen LogP contribution in [0.5, 0.6) is 0 Å². The monoisotopic (exact) mass is 244 g/mol. The minimum Gasteiger partial charge on any atom is -0.276 e. The third-order valence-electron chi connectivity index (χ3n) is 2.82. The molecule has 0 saturated carbocycles. The van der Waals surface area contributed by atoms with E-state index >= 15 is 0 Å². The van der Waals surface area contributed by atoms with Crippen molar-refractivity contribution in [3.8, 4) is 0 Å². The van der Waals surface area contributed by atoms with Gasteiger partial charge in [-0.05, 0) is 23.0 Å². The Labute approximate surface area is 111 Å². The second-order valence-corrected chi connectivity index (χ2v) is 5.49. The fourth-order valence-electron chi connectivity index (χ4n) is 1.52. The fourth-order valence-corrected chi connectivity index (χ4v) is 1.52. The van der Waals surface area contributed by atoms with E-state index in [1.165, 1.54) is 11.1 Å². The maximum absolute atomic E-state index is 4.10. The number of benzene rings is 1. The summed E-state index contributed by atoms with van der Waals surface area (Å²) in [6.45, 7) is 8.72.